The number of nitrogens with zero attached hydrogens (tertiary/aromatic N) is 4. The zero-order valence-corrected chi connectivity index (χ0v) is 9.06. The molecule has 0 saturated heterocycles. The van der Waals surface area contributed by atoms with Crippen LogP contribution >= 0.6 is 0 Å². The number of anilines is 1. The van der Waals surface area contributed by atoms with Gasteiger partial charge in [0.2, 0.25) is 5.95 Å². The minimum Gasteiger partial charge on any atom is -0.354 e. The van der Waals surface area contributed by atoms with Crippen molar-refractivity contribution in [2.24, 2.45) is 0 Å². The summed E-state index contributed by atoms with van der Waals surface area (Å²) in [5.41, 5.74) is 0.389. The highest BCUT2D eigenvalue weighted by Gasteiger charge is 1.97. The highest BCUT2D eigenvalue weighted by Crippen LogP contribution is 1.98. The second kappa shape index (κ2) is 5.94. The number of aromatic nitrogens is 2. The van der Waals surface area contributed by atoms with Crippen LogP contribution in [0.5, 0.6) is 0 Å². The molecule has 5 nitrogen and oxygen atoms in total. The van der Waals surface area contributed by atoms with E-state index in [2.05, 4.69) is 20.2 Å². The van der Waals surface area contributed by atoms with E-state index in [0.29, 0.717) is 11.6 Å². The van der Waals surface area contributed by atoms with Gasteiger partial charge < -0.3 is 10.2 Å². The van der Waals surface area contributed by atoms with Crippen LogP contribution in [0.4, 0.5) is 5.95 Å². The van der Waals surface area contributed by atoms with Gasteiger partial charge in [0, 0.05) is 12.7 Å². The summed E-state index contributed by atoms with van der Waals surface area (Å²) < 4.78 is 0. The van der Waals surface area contributed by atoms with Crippen molar-refractivity contribution in [3.63, 3.8) is 0 Å². The Morgan fingerprint density at radius 2 is 2.33 bits per heavy atom. The molecule has 0 fully saturated rings. The van der Waals surface area contributed by atoms with Crippen LogP contribution in [0.25, 0.3) is 0 Å². The van der Waals surface area contributed by atoms with Crippen LogP contribution in [0.15, 0.2) is 12.3 Å². The van der Waals surface area contributed by atoms with Gasteiger partial charge in [0.05, 0.1) is 0 Å². The van der Waals surface area contributed by atoms with Crippen molar-refractivity contribution < 1.29 is 0 Å². The van der Waals surface area contributed by atoms with Crippen molar-refractivity contribution in [1.82, 2.24) is 14.9 Å². The van der Waals surface area contributed by atoms with Crippen LogP contribution in [0.1, 0.15) is 12.1 Å². The second-order valence-corrected chi connectivity index (χ2v) is 3.46. The predicted octanol–water partition coefficient (Wildman–Crippen LogP) is 0.712. The van der Waals surface area contributed by atoms with Crippen LogP contribution in [0, 0.1) is 11.3 Å². The Labute approximate surface area is 89.8 Å². The molecule has 1 aromatic heterocycles. The Balaban J connectivity index is 2.35. The molecule has 80 valence electrons. The Bertz CT molecular complexity index is 342. The van der Waals surface area contributed by atoms with Crippen molar-refractivity contribution >= 4 is 5.95 Å². The first kappa shape index (κ1) is 11.4. The normalized spacial score (nSPS) is 10.0. The molecule has 0 atom stereocenters. The standard InChI is InChI=1S/C10H15N5/c1-15(2)7-3-5-12-10-13-6-4-9(8-11)14-10/h4,6H,3,5,7H2,1-2H3,(H,12,13,14). The van der Waals surface area contributed by atoms with Crippen LogP contribution in [-0.4, -0.2) is 42.1 Å². The summed E-state index contributed by atoms with van der Waals surface area (Å²) in [5.74, 6) is 0.521. The maximum Gasteiger partial charge on any atom is 0.223 e. The van der Waals surface area contributed by atoms with E-state index in [0.717, 1.165) is 19.5 Å². The molecule has 0 aliphatic carbocycles. The summed E-state index contributed by atoms with van der Waals surface area (Å²) in [5, 5.41) is 11.7. The fourth-order valence-corrected chi connectivity index (χ4v) is 1.10. The van der Waals surface area contributed by atoms with Gasteiger partial charge in [-0.1, -0.05) is 0 Å². The van der Waals surface area contributed by atoms with E-state index in [9.17, 15) is 0 Å². The summed E-state index contributed by atoms with van der Waals surface area (Å²) in [4.78, 5) is 10.1. The predicted molar refractivity (Wildman–Crippen MR) is 58.4 cm³/mol. The summed E-state index contributed by atoms with van der Waals surface area (Å²) in [6.45, 7) is 1.83. The quantitative estimate of drug-likeness (QED) is 0.717. The van der Waals surface area contributed by atoms with E-state index in [1.807, 2.05) is 20.2 Å². The lowest BCUT2D eigenvalue weighted by atomic mass is 10.4. The van der Waals surface area contributed by atoms with Gasteiger partial charge in [0.15, 0.2) is 0 Å². The van der Waals surface area contributed by atoms with Gasteiger partial charge in [-0.25, -0.2) is 9.97 Å². The molecule has 0 spiro atoms. The number of rotatable bonds is 5. The van der Waals surface area contributed by atoms with Crippen molar-refractivity contribution in [3.8, 4) is 6.07 Å². The van der Waals surface area contributed by atoms with Crippen molar-refractivity contribution in [2.45, 2.75) is 6.42 Å². The third-order valence-corrected chi connectivity index (χ3v) is 1.84. The topological polar surface area (TPSA) is 64.8 Å². The van der Waals surface area contributed by atoms with Crippen molar-refractivity contribution in [1.29, 1.82) is 5.26 Å². The zero-order chi connectivity index (χ0) is 11.1. The molecule has 0 aliphatic heterocycles. The molecule has 0 saturated carbocycles. The molecule has 0 aliphatic rings. The third kappa shape index (κ3) is 4.38. The molecule has 0 amide bonds. The van der Waals surface area contributed by atoms with Gasteiger partial charge in [-0.05, 0) is 33.1 Å². The van der Waals surface area contributed by atoms with E-state index in [-0.39, 0.29) is 0 Å². The average Bonchev–Trinajstić information content (AvgIpc) is 2.24. The molecule has 1 heterocycles. The van der Waals surface area contributed by atoms with Crippen LogP contribution in [0.3, 0.4) is 0 Å². The van der Waals surface area contributed by atoms with Gasteiger partial charge in [-0.2, -0.15) is 5.26 Å². The van der Waals surface area contributed by atoms with E-state index >= 15 is 0 Å². The maximum atomic E-state index is 8.63. The van der Waals surface area contributed by atoms with Gasteiger partial charge >= 0.3 is 0 Å². The lowest BCUT2D eigenvalue weighted by Crippen LogP contribution is -2.17. The largest absolute Gasteiger partial charge is 0.354 e. The smallest absolute Gasteiger partial charge is 0.223 e. The first-order valence-corrected chi connectivity index (χ1v) is 4.84. The van der Waals surface area contributed by atoms with E-state index in [4.69, 9.17) is 5.26 Å². The molecular formula is C10H15N5. The number of nitriles is 1. The monoisotopic (exact) mass is 205 g/mol. The fraction of sp³-hybridized carbons (Fsp3) is 0.500. The Morgan fingerprint density at radius 1 is 1.53 bits per heavy atom. The lowest BCUT2D eigenvalue weighted by Gasteiger charge is -2.09. The van der Waals surface area contributed by atoms with Crippen molar-refractivity contribution in [3.05, 3.63) is 18.0 Å². The molecule has 0 unspecified atom stereocenters. The summed E-state index contributed by atoms with van der Waals surface area (Å²) in [6.07, 6.45) is 2.60. The molecule has 0 radical (unpaired) electrons. The summed E-state index contributed by atoms with van der Waals surface area (Å²) in [7, 11) is 4.07. The van der Waals surface area contributed by atoms with Crippen LogP contribution in [0.2, 0.25) is 0 Å². The summed E-state index contributed by atoms with van der Waals surface area (Å²) in [6, 6.07) is 3.56. The van der Waals surface area contributed by atoms with Gasteiger partial charge in [0.1, 0.15) is 11.8 Å². The molecule has 0 aromatic carbocycles. The molecule has 0 bridgehead atoms. The van der Waals surface area contributed by atoms with Gasteiger partial charge in [-0.15, -0.1) is 0 Å². The molecule has 1 aromatic rings. The van der Waals surface area contributed by atoms with E-state index in [1.165, 1.54) is 0 Å². The average molecular weight is 205 g/mol. The summed E-state index contributed by atoms with van der Waals surface area (Å²) >= 11 is 0. The number of hydrogen-bond donors (Lipinski definition) is 1. The van der Waals surface area contributed by atoms with Crippen LogP contribution in [-0.2, 0) is 0 Å². The zero-order valence-electron chi connectivity index (χ0n) is 9.06. The molecule has 5 heteroatoms. The third-order valence-electron chi connectivity index (χ3n) is 1.84. The Morgan fingerprint density at radius 3 is 3.00 bits per heavy atom. The fourth-order valence-electron chi connectivity index (χ4n) is 1.10. The highest BCUT2D eigenvalue weighted by atomic mass is 15.1. The first-order valence-electron chi connectivity index (χ1n) is 4.84. The van der Waals surface area contributed by atoms with Gasteiger partial charge in [-0.3, -0.25) is 0 Å². The number of hydrogen-bond acceptors (Lipinski definition) is 5. The number of nitrogens with one attached hydrogen (secondary N) is 1. The van der Waals surface area contributed by atoms with Gasteiger partial charge in [0.25, 0.3) is 0 Å². The molecule has 1 rings (SSSR count). The molecule has 15 heavy (non-hydrogen) atoms. The second-order valence-electron chi connectivity index (χ2n) is 3.46. The van der Waals surface area contributed by atoms with Crippen molar-refractivity contribution in [2.75, 3.05) is 32.5 Å². The maximum absolute atomic E-state index is 8.63. The highest BCUT2D eigenvalue weighted by molar-refractivity contribution is 5.29. The minimum atomic E-state index is 0.389. The SMILES string of the molecule is CN(C)CCCNc1nccc(C#N)n1. The molecule has 1 N–H and O–H groups in total. The Hall–Kier alpha value is -1.67. The molecular weight excluding hydrogens is 190 g/mol. The lowest BCUT2D eigenvalue weighted by molar-refractivity contribution is 0.405. The van der Waals surface area contributed by atoms with E-state index in [1.54, 1.807) is 12.3 Å². The van der Waals surface area contributed by atoms with Crippen LogP contribution < -0.4 is 5.32 Å². The first-order chi connectivity index (χ1) is 7.22. The minimum absolute atomic E-state index is 0.389. The Kier molecular flexibility index (Phi) is 4.51. The van der Waals surface area contributed by atoms with E-state index < -0.39 is 0 Å².